The maximum Gasteiger partial charge on any atom is 0.225 e. The Balaban J connectivity index is 1.26. The number of rotatable bonds is 3. The van der Waals surface area contributed by atoms with Crippen LogP contribution in [0.5, 0.6) is 0 Å². The summed E-state index contributed by atoms with van der Waals surface area (Å²) in [5.41, 5.74) is 4.06. The fourth-order valence-electron chi connectivity index (χ4n) is 4.81. The van der Waals surface area contributed by atoms with E-state index in [0.717, 1.165) is 45.1 Å². The van der Waals surface area contributed by atoms with Crippen molar-refractivity contribution < 1.29 is 0 Å². The van der Waals surface area contributed by atoms with Gasteiger partial charge in [0, 0.05) is 63.0 Å². The molecular weight excluding hydrogens is 322 g/mol. The summed E-state index contributed by atoms with van der Waals surface area (Å²) in [6.45, 7) is 5.21. The van der Waals surface area contributed by atoms with Gasteiger partial charge in [0.25, 0.3) is 0 Å². The third-order valence-electron chi connectivity index (χ3n) is 6.42. The minimum atomic E-state index is 0.542. The summed E-state index contributed by atoms with van der Waals surface area (Å²) in [7, 11) is 2.26. The van der Waals surface area contributed by atoms with Crippen LogP contribution in [0, 0.1) is 0 Å². The molecule has 5 nitrogen and oxygen atoms in total. The van der Waals surface area contributed by atoms with Crippen LogP contribution in [-0.2, 0) is 13.0 Å². The highest BCUT2D eigenvalue weighted by Crippen LogP contribution is 2.41. The number of fused-ring (bicyclic) bond motifs is 4. The molecule has 2 bridgehead atoms. The van der Waals surface area contributed by atoms with Crippen LogP contribution in [0.3, 0.4) is 0 Å². The summed E-state index contributed by atoms with van der Waals surface area (Å²) >= 11 is 0. The third kappa shape index (κ3) is 2.89. The van der Waals surface area contributed by atoms with Gasteiger partial charge >= 0.3 is 0 Å². The van der Waals surface area contributed by atoms with E-state index in [0.29, 0.717) is 12.1 Å². The van der Waals surface area contributed by atoms with Crippen molar-refractivity contribution in [2.75, 3.05) is 38.1 Å². The number of anilines is 1. The Morgan fingerprint density at radius 2 is 1.85 bits per heavy atom. The lowest BCUT2D eigenvalue weighted by Gasteiger charge is -2.36. The first kappa shape index (κ1) is 16.2. The Labute approximate surface area is 155 Å². The van der Waals surface area contributed by atoms with E-state index in [9.17, 15) is 0 Å². The summed E-state index contributed by atoms with van der Waals surface area (Å²) in [6, 6.07) is 12.0. The normalized spacial score (nSPS) is 26.1. The van der Waals surface area contributed by atoms with E-state index in [4.69, 9.17) is 9.97 Å². The zero-order valence-corrected chi connectivity index (χ0v) is 15.5. The number of hydrogen-bond acceptors (Lipinski definition) is 5. The number of hydrogen-bond donors (Lipinski definition) is 0. The molecule has 2 aromatic rings. The van der Waals surface area contributed by atoms with E-state index < -0.39 is 0 Å². The van der Waals surface area contributed by atoms with Crippen molar-refractivity contribution in [3.8, 4) is 0 Å². The van der Waals surface area contributed by atoms with Gasteiger partial charge in [-0.3, -0.25) is 9.80 Å². The van der Waals surface area contributed by atoms with E-state index >= 15 is 0 Å². The maximum atomic E-state index is 4.99. The molecule has 1 aromatic heterocycles. The van der Waals surface area contributed by atoms with Gasteiger partial charge in [-0.15, -0.1) is 0 Å². The van der Waals surface area contributed by atoms with Crippen LogP contribution in [-0.4, -0.2) is 59.0 Å². The van der Waals surface area contributed by atoms with Crippen molar-refractivity contribution in [3.05, 3.63) is 53.3 Å². The lowest BCUT2D eigenvalue weighted by Crippen LogP contribution is -2.46. The van der Waals surface area contributed by atoms with Crippen LogP contribution < -0.4 is 4.90 Å². The summed E-state index contributed by atoms with van der Waals surface area (Å²) in [5.74, 6) is 0.937. The molecule has 2 fully saturated rings. The molecule has 2 saturated heterocycles. The highest BCUT2D eigenvalue weighted by Gasteiger charge is 2.38. The largest absolute Gasteiger partial charge is 0.338 e. The molecule has 26 heavy (non-hydrogen) atoms. The van der Waals surface area contributed by atoms with Gasteiger partial charge in [0.2, 0.25) is 5.95 Å². The molecule has 3 aliphatic rings. The lowest BCUT2D eigenvalue weighted by atomic mass is 10.0. The molecule has 0 spiro atoms. The first-order valence-electron chi connectivity index (χ1n) is 9.87. The topological polar surface area (TPSA) is 35.5 Å². The van der Waals surface area contributed by atoms with E-state index in [-0.39, 0.29) is 0 Å². The number of piperazine rings is 1. The lowest BCUT2D eigenvalue weighted by molar-refractivity contribution is 0.221. The molecule has 5 rings (SSSR count). The van der Waals surface area contributed by atoms with Crippen LogP contribution in [0.1, 0.15) is 35.7 Å². The zero-order chi connectivity index (χ0) is 17.5. The van der Waals surface area contributed by atoms with Gasteiger partial charge in [-0.05, 0) is 25.5 Å². The minimum Gasteiger partial charge on any atom is -0.338 e. The van der Waals surface area contributed by atoms with Gasteiger partial charge in [-0.25, -0.2) is 9.97 Å². The number of nitrogens with zero attached hydrogens (tertiary/aromatic N) is 5. The molecule has 5 heteroatoms. The van der Waals surface area contributed by atoms with Gasteiger partial charge in [-0.1, -0.05) is 30.3 Å². The van der Waals surface area contributed by atoms with Crippen molar-refractivity contribution in [3.63, 3.8) is 0 Å². The summed E-state index contributed by atoms with van der Waals surface area (Å²) in [5, 5.41) is 0. The van der Waals surface area contributed by atoms with Crippen molar-refractivity contribution in [1.29, 1.82) is 0 Å². The fraction of sp³-hybridized carbons (Fsp3) is 0.524. The van der Waals surface area contributed by atoms with Crippen LogP contribution in [0.25, 0.3) is 0 Å². The third-order valence-corrected chi connectivity index (χ3v) is 6.42. The van der Waals surface area contributed by atoms with E-state index in [1.54, 1.807) is 0 Å². The van der Waals surface area contributed by atoms with Gasteiger partial charge in [0.1, 0.15) is 0 Å². The van der Waals surface area contributed by atoms with Crippen molar-refractivity contribution in [1.82, 2.24) is 19.8 Å². The Hall–Kier alpha value is -1.98. The van der Waals surface area contributed by atoms with Gasteiger partial charge in [0.05, 0.1) is 5.69 Å². The van der Waals surface area contributed by atoms with Crippen molar-refractivity contribution in [2.45, 2.75) is 37.9 Å². The second-order valence-corrected chi connectivity index (χ2v) is 7.94. The molecule has 0 unspecified atom stereocenters. The summed E-state index contributed by atoms with van der Waals surface area (Å²) < 4.78 is 0. The zero-order valence-electron chi connectivity index (χ0n) is 15.5. The predicted octanol–water partition coefficient (Wildman–Crippen LogP) is 2.49. The molecule has 4 heterocycles. The van der Waals surface area contributed by atoms with E-state index in [2.05, 4.69) is 58.3 Å². The van der Waals surface area contributed by atoms with Gasteiger partial charge < -0.3 is 4.90 Å². The van der Waals surface area contributed by atoms with Gasteiger partial charge in [0.15, 0.2) is 0 Å². The number of aromatic nitrogens is 2. The molecule has 0 saturated carbocycles. The Morgan fingerprint density at radius 3 is 2.65 bits per heavy atom. The Bertz CT molecular complexity index is 769. The smallest absolute Gasteiger partial charge is 0.225 e. The molecule has 1 aromatic carbocycles. The molecular formula is C21H27N5. The molecule has 136 valence electrons. The van der Waals surface area contributed by atoms with Crippen LogP contribution in [0.2, 0.25) is 0 Å². The fourth-order valence-corrected chi connectivity index (χ4v) is 4.81. The predicted molar refractivity (Wildman–Crippen MR) is 103 cm³/mol. The monoisotopic (exact) mass is 349 g/mol. The summed E-state index contributed by atoms with van der Waals surface area (Å²) in [6.07, 6.45) is 5.75. The Morgan fingerprint density at radius 1 is 1.04 bits per heavy atom. The molecule has 0 amide bonds. The quantitative estimate of drug-likeness (QED) is 0.851. The highest BCUT2D eigenvalue weighted by molar-refractivity contribution is 5.37. The molecule has 0 aliphatic carbocycles. The summed E-state index contributed by atoms with van der Waals surface area (Å²) in [4.78, 5) is 17.1. The SMILES string of the molecule is CN1[C@H]2CC[C@H]1c1cnc(N3CCN(Cc4ccccc4)CC3)nc1C2. The second kappa shape index (κ2) is 6.63. The first-order valence-corrected chi connectivity index (χ1v) is 9.87. The van der Waals surface area contributed by atoms with E-state index in [1.807, 2.05) is 0 Å². The molecule has 0 radical (unpaired) electrons. The average molecular weight is 349 g/mol. The number of likely N-dealkylation sites (N-methyl/N-ethyl adjacent to an activating group) is 1. The molecule has 2 atom stereocenters. The standard InChI is InChI=1S/C21H27N5/c1-24-17-7-8-20(24)18-14-22-21(23-19(18)13-17)26-11-9-25(10-12-26)15-16-5-3-2-4-6-16/h2-6,14,17,20H,7-13,15H2,1H3/t17-,20-/m0/s1. The first-order chi connectivity index (χ1) is 12.8. The molecule has 0 N–H and O–H groups in total. The van der Waals surface area contributed by atoms with Crippen LogP contribution in [0.4, 0.5) is 5.95 Å². The second-order valence-electron chi connectivity index (χ2n) is 7.94. The van der Waals surface area contributed by atoms with E-state index in [1.165, 1.54) is 29.7 Å². The number of benzene rings is 1. The highest BCUT2D eigenvalue weighted by atomic mass is 15.3. The average Bonchev–Trinajstić information content (AvgIpc) is 2.92. The van der Waals surface area contributed by atoms with Gasteiger partial charge in [-0.2, -0.15) is 0 Å². The Kier molecular flexibility index (Phi) is 4.14. The minimum absolute atomic E-state index is 0.542. The van der Waals surface area contributed by atoms with Crippen LogP contribution >= 0.6 is 0 Å². The van der Waals surface area contributed by atoms with Crippen LogP contribution in [0.15, 0.2) is 36.5 Å². The molecule has 3 aliphatic heterocycles. The van der Waals surface area contributed by atoms with Crippen molar-refractivity contribution >= 4 is 5.95 Å². The maximum absolute atomic E-state index is 4.99. The van der Waals surface area contributed by atoms with Crippen molar-refractivity contribution in [2.24, 2.45) is 0 Å².